The Balaban J connectivity index is 1.33. The zero-order valence-electron chi connectivity index (χ0n) is 17.1. The molecule has 0 atom stereocenters. The third-order valence-electron chi connectivity index (χ3n) is 5.97. The molecule has 162 valence electrons. The van der Waals surface area contributed by atoms with Crippen LogP contribution in [0.5, 0.6) is 11.5 Å². The van der Waals surface area contributed by atoms with Crippen molar-refractivity contribution in [3.05, 3.63) is 58.2 Å². The highest BCUT2D eigenvalue weighted by Crippen LogP contribution is 2.44. The van der Waals surface area contributed by atoms with E-state index in [1.807, 2.05) is 0 Å². The lowest BCUT2D eigenvalue weighted by molar-refractivity contribution is 0.122. The van der Waals surface area contributed by atoms with Crippen molar-refractivity contribution in [1.29, 1.82) is 0 Å². The van der Waals surface area contributed by atoms with E-state index in [4.69, 9.17) is 20.9 Å². The van der Waals surface area contributed by atoms with Crippen molar-refractivity contribution < 1.29 is 19.5 Å². The Kier molecular flexibility index (Phi) is 5.48. The molecule has 1 saturated heterocycles. The molecule has 0 saturated carbocycles. The van der Waals surface area contributed by atoms with Gasteiger partial charge in [0.25, 0.3) is 0 Å². The number of aromatic hydroxyl groups is 2. The average Bonchev–Trinajstić information content (AvgIpc) is 3.21. The molecule has 0 bridgehead atoms. The maximum atomic E-state index is 10.4. The smallest absolute Gasteiger partial charge is 0.179 e. The fourth-order valence-corrected chi connectivity index (χ4v) is 4.43. The summed E-state index contributed by atoms with van der Waals surface area (Å²) >= 11 is 6.05. The molecular weight excluding hydrogens is 418 g/mol. The number of phenols is 2. The zero-order valence-corrected chi connectivity index (χ0v) is 17.8. The first kappa shape index (κ1) is 20.2. The molecule has 3 heterocycles. The summed E-state index contributed by atoms with van der Waals surface area (Å²) in [7, 11) is 0. The minimum atomic E-state index is -0.198. The van der Waals surface area contributed by atoms with Gasteiger partial charge >= 0.3 is 0 Å². The quantitative estimate of drug-likeness (QED) is 0.637. The Hall–Kier alpha value is -2.74. The number of ether oxygens (including phenoxy) is 1. The van der Waals surface area contributed by atoms with Crippen molar-refractivity contribution in [2.24, 2.45) is 0 Å². The molecule has 7 nitrogen and oxygen atoms in total. The maximum absolute atomic E-state index is 10.4. The Bertz CT molecular complexity index is 1080. The number of rotatable bonds is 4. The molecule has 3 aromatic rings. The lowest BCUT2D eigenvalue weighted by Crippen LogP contribution is -2.36. The van der Waals surface area contributed by atoms with Gasteiger partial charge < -0.3 is 24.4 Å². The number of hydrogen-bond donors (Lipinski definition) is 2. The van der Waals surface area contributed by atoms with Crippen LogP contribution < -0.4 is 4.90 Å². The van der Waals surface area contributed by atoms with Crippen LogP contribution in [0.2, 0.25) is 5.02 Å². The van der Waals surface area contributed by atoms with E-state index in [-0.39, 0.29) is 22.1 Å². The van der Waals surface area contributed by atoms with Crippen molar-refractivity contribution in [2.45, 2.75) is 19.5 Å². The van der Waals surface area contributed by atoms with Gasteiger partial charge in [-0.3, -0.25) is 4.90 Å². The Morgan fingerprint density at radius 1 is 1.00 bits per heavy atom. The summed E-state index contributed by atoms with van der Waals surface area (Å²) in [5.41, 5.74) is 4.38. The molecule has 0 aliphatic carbocycles. The first-order chi connectivity index (χ1) is 15.1. The normalized spacial score (nSPS) is 17.0. The minimum absolute atomic E-state index is 0.0864. The second kappa shape index (κ2) is 8.42. The van der Waals surface area contributed by atoms with Crippen LogP contribution in [0.1, 0.15) is 16.8 Å². The number of hydrogen-bond acceptors (Lipinski definition) is 7. The summed E-state index contributed by atoms with van der Waals surface area (Å²) in [5.74, 6) is 0.0907. The van der Waals surface area contributed by atoms with Crippen LogP contribution in [0.15, 0.2) is 40.9 Å². The number of aromatic nitrogens is 1. The van der Waals surface area contributed by atoms with Crippen LogP contribution in [-0.4, -0.2) is 53.1 Å². The molecule has 2 N–H and O–H groups in total. The van der Waals surface area contributed by atoms with Crippen LogP contribution >= 0.6 is 11.6 Å². The van der Waals surface area contributed by atoms with E-state index in [2.05, 4.69) is 39.2 Å². The van der Waals surface area contributed by atoms with Crippen molar-refractivity contribution in [1.82, 2.24) is 10.1 Å². The Labute approximate surface area is 185 Å². The van der Waals surface area contributed by atoms with E-state index < -0.39 is 0 Å². The van der Waals surface area contributed by atoms with Crippen LogP contribution in [0.25, 0.3) is 11.3 Å². The van der Waals surface area contributed by atoms with Crippen LogP contribution in [0, 0.1) is 0 Å². The lowest BCUT2D eigenvalue weighted by atomic mass is 10.00. The van der Waals surface area contributed by atoms with Gasteiger partial charge in [0.1, 0.15) is 17.1 Å². The summed E-state index contributed by atoms with van der Waals surface area (Å²) in [6.45, 7) is 5.66. The van der Waals surface area contributed by atoms with Gasteiger partial charge in [-0.05, 0) is 29.8 Å². The van der Waals surface area contributed by atoms with Gasteiger partial charge in [-0.2, -0.15) is 0 Å². The second-order valence-electron chi connectivity index (χ2n) is 7.95. The molecule has 8 heteroatoms. The van der Waals surface area contributed by atoms with Gasteiger partial charge in [0.15, 0.2) is 5.76 Å². The molecule has 2 aliphatic heterocycles. The second-order valence-corrected chi connectivity index (χ2v) is 8.36. The third kappa shape index (κ3) is 3.96. The molecule has 1 fully saturated rings. The summed E-state index contributed by atoms with van der Waals surface area (Å²) in [6.07, 6.45) is 0.743. The zero-order chi connectivity index (χ0) is 21.4. The van der Waals surface area contributed by atoms with E-state index in [1.165, 1.54) is 23.4 Å². The van der Waals surface area contributed by atoms with E-state index >= 15 is 0 Å². The fourth-order valence-electron chi connectivity index (χ4n) is 4.27. The average molecular weight is 442 g/mol. The number of fused-ring (bicyclic) bond motifs is 1. The predicted molar refractivity (Wildman–Crippen MR) is 118 cm³/mol. The van der Waals surface area contributed by atoms with Gasteiger partial charge in [0.05, 0.1) is 23.9 Å². The fraction of sp³-hybridized carbons (Fsp3) is 0.348. The van der Waals surface area contributed by atoms with Crippen molar-refractivity contribution >= 4 is 17.3 Å². The molecule has 1 aromatic heterocycles. The first-order valence-corrected chi connectivity index (χ1v) is 10.8. The van der Waals surface area contributed by atoms with Crippen molar-refractivity contribution in [2.75, 3.05) is 37.7 Å². The molecule has 31 heavy (non-hydrogen) atoms. The summed E-state index contributed by atoms with van der Waals surface area (Å²) < 4.78 is 11.0. The van der Waals surface area contributed by atoms with Gasteiger partial charge in [-0.25, -0.2) is 0 Å². The van der Waals surface area contributed by atoms with Crippen LogP contribution in [0.4, 0.5) is 5.69 Å². The van der Waals surface area contributed by atoms with Crippen molar-refractivity contribution in [3.63, 3.8) is 0 Å². The summed E-state index contributed by atoms with van der Waals surface area (Å²) in [5, 5.41) is 25.0. The SMILES string of the molecule is Oc1ccc(Cl)c(O)c1-c1onc2c1CN(Cc1ccc(N3CCOCC3)cc1)CC2. The Morgan fingerprint density at radius 3 is 2.55 bits per heavy atom. The number of nitrogens with zero attached hydrogens (tertiary/aromatic N) is 3. The number of benzene rings is 2. The molecule has 5 rings (SSSR count). The number of anilines is 1. The van der Waals surface area contributed by atoms with Crippen LogP contribution in [0.3, 0.4) is 0 Å². The standard InChI is InChI=1S/C23H24ClN3O4/c24-18-5-6-20(28)21(22(18)29)23-17-14-26(8-7-19(17)25-31-23)13-15-1-3-16(4-2-15)27-9-11-30-12-10-27/h1-6,28-29H,7-14H2. The minimum Gasteiger partial charge on any atom is -0.507 e. The molecular formula is C23H24ClN3O4. The van der Waals surface area contributed by atoms with Gasteiger partial charge in [-0.15, -0.1) is 0 Å². The first-order valence-electron chi connectivity index (χ1n) is 10.4. The monoisotopic (exact) mass is 441 g/mol. The highest BCUT2D eigenvalue weighted by atomic mass is 35.5. The Morgan fingerprint density at radius 2 is 1.77 bits per heavy atom. The molecule has 0 radical (unpaired) electrons. The number of halogens is 1. The summed E-state index contributed by atoms with van der Waals surface area (Å²) in [4.78, 5) is 4.65. The molecule has 2 aromatic carbocycles. The highest BCUT2D eigenvalue weighted by molar-refractivity contribution is 6.32. The van der Waals surface area contributed by atoms with Crippen molar-refractivity contribution in [3.8, 4) is 22.8 Å². The van der Waals surface area contributed by atoms with E-state index in [1.54, 1.807) is 0 Å². The lowest BCUT2D eigenvalue weighted by Gasteiger charge is -2.29. The van der Waals surface area contributed by atoms with E-state index in [0.29, 0.717) is 12.3 Å². The summed E-state index contributed by atoms with van der Waals surface area (Å²) in [6, 6.07) is 11.6. The highest BCUT2D eigenvalue weighted by Gasteiger charge is 2.28. The molecule has 2 aliphatic rings. The number of phenolic OH excluding ortho intramolecular Hbond substituents is 2. The topological polar surface area (TPSA) is 82.2 Å². The van der Waals surface area contributed by atoms with E-state index in [9.17, 15) is 10.2 Å². The van der Waals surface area contributed by atoms with E-state index in [0.717, 1.165) is 57.1 Å². The maximum Gasteiger partial charge on any atom is 0.179 e. The predicted octanol–water partition coefficient (Wildman–Crippen LogP) is 3.80. The molecule has 0 amide bonds. The third-order valence-corrected chi connectivity index (χ3v) is 6.27. The van der Waals surface area contributed by atoms with Gasteiger partial charge in [0, 0.05) is 50.4 Å². The van der Waals surface area contributed by atoms with Gasteiger partial charge in [-0.1, -0.05) is 28.9 Å². The van der Waals surface area contributed by atoms with Crippen LogP contribution in [-0.2, 0) is 24.2 Å². The molecule has 0 spiro atoms. The largest absolute Gasteiger partial charge is 0.507 e. The number of morpholine rings is 1. The molecule has 0 unspecified atom stereocenters. The van der Waals surface area contributed by atoms with Gasteiger partial charge in [0.2, 0.25) is 0 Å².